The lowest BCUT2D eigenvalue weighted by Crippen LogP contribution is -2.39. The molecule has 2 amide bonds. The molecule has 0 spiro atoms. The molecule has 128 valence electrons. The molecular formula is C14H10Cl2N6OS2. The number of pyridine rings is 1. The van der Waals surface area contributed by atoms with Gasteiger partial charge < -0.3 is 11.5 Å². The number of nitrogens with zero attached hydrogens (tertiary/aromatic N) is 4. The molecule has 7 nitrogen and oxygen atoms in total. The van der Waals surface area contributed by atoms with E-state index in [-0.39, 0.29) is 16.4 Å². The number of urea groups is 1. The van der Waals surface area contributed by atoms with Crippen molar-refractivity contribution in [3.8, 4) is 22.5 Å². The van der Waals surface area contributed by atoms with Crippen molar-refractivity contribution < 1.29 is 4.79 Å². The van der Waals surface area contributed by atoms with Gasteiger partial charge in [0.1, 0.15) is 4.64 Å². The molecule has 0 fully saturated rings. The van der Waals surface area contributed by atoms with Crippen LogP contribution in [0.15, 0.2) is 30.5 Å². The highest BCUT2D eigenvalue weighted by Gasteiger charge is 2.21. The number of halogens is 2. The first kappa shape index (κ1) is 17.7. The van der Waals surface area contributed by atoms with Gasteiger partial charge in [0.2, 0.25) is 5.95 Å². The quantitative estimate of drug-likeness (QED) is 0.441. The van der Waals surface area contributed by atoms with Crippen LogP contribution in [-0.2, 0) is 0 Å². The molecule has 0 radical (unpaired) electrons. The van der Waals surface area contributed by atoms with Gasteiger partial charge in [-0.3, -0.25) is 0 Å². The lowest BCUT2D eigenvalue weighted by atomic mass is 10.0. The summed E-state index contributed by atoms with van der Waals surface area (Å²) in [7, 11) is 0. The third kappa shape index (κ3) is 3.11. The van der Waals surface area contributed by atoms with Crippen molar-refractivity contribution in [1.82, 2.24) is 14.6 Å². The topological polar surface area (TPSA) is 103 Å². The van der Waals surface area contributed by atoms with Crippen LogP contribution in [0, 0.1) is 4.64 Å². The van der Waals surface area contributed by atoms with Crippen LogP contribution in [0.2, 0.25) is 10.0 Å². The maximum absolute atomic E-state index is 11.4. The number of fused-ring (bicyclic) bond motifs is 1. The molecule has 0 bridgehead atoms. The minimum Gasteiger partial charge on any atom is -0.368 e. The molecule has 11 heteroatoms. The third-order valence-corrected chi connectivity index (χ3v) is 4.69. The minimum atomic E-state index is -0.861. The van der Waals surface area contributed by atoms with E-state index in [1.807, 2.05) is 0 Å². The van der Waals surface area contributed by atoms with Crippen molar-refractivity contribution in [3.63, 3.8) is 0 Å². The third-order valence-electron chi connectivity index (χ3n) is 3.37. The first-order chi connectivity index (χ1) is 11.8. The van der Waals surface area contributed by atoms with Crippen LogP contribution in [0.3, 0.4) is 0 Å². The molecule has 2 aliphatic heterocycles. The zero-order valence-electron chi connectivity index (χ0n) is 12.3. The van der Waals surface area contributed by atoms with E-state index in [2.05, 4.69) is 22.8 Å². The Labute approximate surface area is 163 Å². The number of nitrogen functional groups attached to an aromatic ring is 1. The molecule has 2 aliphatic rings. The molecule has 4 N–H and O–H groups in total. The molecule has 1 aromatic rings. The Balaban J connectivity index is 2.33. The highest BCUT2D eigenvalue weighted by molar-refractivity contribution is 7.82. The van der Waals surface area contributed by atoms with Crippen molar-refractivity contribution >= 4 is 60.2 Å². The number of aromatic nitrogens is 3. The first-order valence-corrected chi connectivity index (χ1v) is 8.29. The number of nitrogens with two attached hydrogens (primary N) is 2. The smallest absolute Gasteiger partial charge is 0.344 e. The molecule has 3 rings (SSSR count). The summed E-state index contributed by atoms with van der Waals surface area (Å²) < 4.78 is 2.15. The molecule has 0 unspecified atom stereocenters. The largest absolute Gasteiger partial charge is 0.368 e. The number of benzene rings is 1. The van der Waals surface area contributed by atoms with E-state index in [1.165, 1.54) is 6.20 Å². The van der Waals surface area contributed by atoms with Gasteiger partial charge in [-0.05, 0) is 31.0 Å². The fourth-order valence-electron chi connectivity index (χ4n) is 2.29. The van der Waals surface area contributed by atoms with Gasteiger partial charge in [-0.15, -0.1) is 0 Å². The van der Waals surface area contributed by atoms with Crippen molar-refractivity contribution in [2.75, 3.05) is 10.1 Å². The molecular weight excluding hydrogens is 403 g/mol. The molecule has 2 heterocycles. The normalized spacial score (nSPS) is 10.8. The Morgan fingerprint density at radius 2 is 1.96 bits per heavy atom. The lowest BCUT2D eigenvalue weighted by Gasteiger charge is -2.22. The number of primary amides is 1. The fourth-order valence-corrected chi connectivity index (χ4v) is 3.31. The number of carbonyl (C=O) groups excluding carboxylic acids is 1. The Kier molecular flexibility index (Phi) is 4.74. The molecule has 1 aromatic carbocycles. The predicted octanol–water partition coefficient (Wildman–Crippen LogP) is 3.53. The first-order valence-electron chi connectivity index (χ1n) is 6.72. The van der Waals surface area contributed by atoms with E-state index in [0.29, 0.717) is 26.7 Å². The second kappa shape index (κ2) is 6.68. The highest BCUT2D eigenvalue weighted by Crippen LogP contribution is 2.37. The number of thiol groups is 1. The lowest BCUT2D eigenvalue weighted by molar-refractivity contribution is 0.254. The van der Waals surface area contributed by atoms with E-state index in [9.17, 15) is 4.79 Å². The van der Waals surface area contributed by atoms with Crippen LogP contribution < -0.4 is 15.9 Å². The maximum atomic E-state index is 11.4. The van der Waals surface area contributed by atoms with Crippen LogP contribution in [0.4, 0.5) is 10.7 Å². The van der Waals surface area contributed by atoms with E-state index < -0.39 is 6.03 Å². The average molecular weight is 413 g/mol. The molecule has 0 saturated carbocycles. The van der Waals surface area contributed by atoms with Crippen LogP contribution in [0.5, 0.6) is 0 Å². The number of rotatable bonds is 2. The Hall–Kier alpha value is -2.07. The van der Waals surface area contributed by atoms with Gasteiger partial charge in [0.25, 0.3) is 0 Å². The zero-order chi connectivity index (χ0) is 18.3. The summed E-state index contributed by atoms with van der Waals surface area (Å²) in [5.41, 5.74) is 12.7. The summed E-state index contributed by atoms with van der Waals surface area (Å²) in [5.74, 6) is 0.227. The van der Waals surface area contributed by atoms with Gasteiger partial charge in [-0.1, -0.05) is 41.5 Å². The van der Waals surface area contributed by atoms with Crippen LogP contribution >= 0.6 is 48.2 Å². The van der Waals surface area contributed by atoms with Crippen LogP contribution in [-0.4, -0.2) is 20.7 Å². The summed E-state index contributed by atoms with van der Waals surface area (Å²) in [6.45, 7) is 0. The molecule has 0 aromatic heterocycles. The molecule has 0 atom stereocenters. The number of hydrogen-bond donors (Lipinski definition) is 3. The van der Waals surface area contributed by atoms with E-state index in [4.69, 9.17) is 46.9 Å². The summed E-state index contributed by atoms with van der Waals surface area (Å²) in [6, 6.07) is 5.98. The van der Waals surface area contributed by atoms with Crippen LogP contribution in [0.1, 0.15) is 0 Å². The summed E-state index contributed by atoms with van der Waals surface area (Å²) in [6.07, 6.45) is 1.49. The second-order valence-corrected chi connectivity index (χ2v) is 6.49. The molecule has 0 aliphatic carbocycles. The maximum Gasteiger partial charge on any atom is 0.344 e. The van der Waals surface area contributed by atoms with Crippen LogP contribution in [0.25, 0.3) is 22.5 Å². The number of anilines is 1. The van der Waals surface area contributed by atoms with Gasteiger partial charge in [-0.25, -0.2) is 14.8 Å². The average Bonchev–Trinajstić information content (AvgIpc) is 2.54. The van der Waals surface area contributed by atoms with E-state index in [0.717, 1.165) is 9.09 Å². The summed E-state index contributed by atoms with van der Waals surface area (Å²) >= 11 is 21.9. The SMILES string of the molecule is NC(=O)N(S)n1c(N)ncc2cc(-c3c(Cl)cccc3Cl)c(=S)nc1-2. The minimum absolute atomic E-state index is 0.0354. The van der Waals surface area contributed by atoms with Gasteiger partial charge in [0.05, 0.1) is 0 Å². The van der Waals surface area contributed by atoms with Crippen molar-refractivity contribution in [2.24, 2.45) is 5.73 Å². The Morgan fingerprint density at radius 3 is 2.56 bits per heavy atom. The fraction of sp³-hybridized carbons (Fsp3) is 0. The molecule has 0 saturated heterocycles. The van der Waals surface area contributed by atoms with Gasteiger partial charge in [0.15, 0.2) is 5.82 Å². The van der Waals surface area contributed by atoms with Crippen molar-refractivity contribution in [1.29, 1.82) is 0 Å². The standard InChI is InChI=1S/C14H10Cl2N6OS2/c15-8-2-1-3-9(16)10(8)7-4-6-5-19-13(17)21(22(25)14(18)23)11(6)20-12(7)24/h1-5,25H,(H2,17,19)(H2,18,23). The van der Waals surface area contributed by atoms with Crippen molar-refractivity contribution in [3.05, 3.63) is 45.1 Å². The zero-order valence-corrected chi connectivity index (χ0v) is 15.6. The monoisotopic (exact) mass is 412 g/mol. The Bertz CT molecular complexity index is 1000. The van der Waals surface area contributed by atoms with Gasteiger partial charge in [-0.2, -0.15) is 9.09 Å². The number of hydrogen-bond acceptors (Lipinski definition) is 6. The van der Waals surface area contributed by atoms with Gasteiger partial charge in [0, 0.05) is 32.9 Å². The summed E-state index contributed by atoms with van der Waals surface area (Å²) in [4.78, 5) is 19.8. The summed E-state index contributed by atoms with van der Waals surface area (Å²) in [5, 5.41) is 0.868. The van der Waals surface area contributed by atoms with E-state index in [1.54, 1.807) is 24.3 Å². The van der Waals surface area contributed by atoms with E-state index >= 15 is 0 Å². The highest BCUT2D eigenvalue weighted by atomic mass is 35.5. The Morgan fingerprint density at radius 1 is 1.32 bits per heavy atom. The van der Waals surface area contributed by atoms with Crippen molar-refractivity contribution in [2.45, 2.75) is 0 Å². The number of amides is 2. The van der Waals surface area contributed by atoms with Gasteiger partial charge >= 0.3 is 6.03 Å². The predicted molar refractivity (Wildman–Crippen MR) is 104 cm³/mol. The second-order valence-electron chi connectivity index (χ2n) is 4.91. The molecule has 25 heavy (non-hydrogen) atoms. The number of carbonyl (C=O) groups is 1.